The number of benzene rings is 1. The number of nitrogens with zero attached hydrogens (tertiary/aromatic N) is 2. The van der Waals surface area contributed by atoms with Gasteiger partial charge in [-0.15, -0.1) is 11.8 Å². The number of likely N-dealkylation sites (tertiary alicyclic amines) is 1. The molecule has 1 aliphatic heterocycles. The van der Waals surface area contributed by atoms with Crippen molar-refractivity contribution in [1.82, 2.24) is 9.80 Å². The van der Waals surface area contributed by atoms with E-state index in [0.717, 1.165) is 25.9 Å². The maximum absolute atomic E-state index is 9.15. The van der Waals surface area contributed by atoms with Gasteiger partial charge in [-0.3, -0.25) is 4.90 Å². The lowest BCUT2D eigenvalue weighted by molar-refractivity contribution is 0.0717. The predicted octanol–water partition coefficient (Wildman–Crippen LogP) is 2.93. The van der Waals surface area contributed by atoms with Gasteiger partial charge in [-0.1, -0.05) is 12.1 Å². The van der Waals surface area contributed by atoms with Gasteiger partial charge < -0.3 is 10.0 Å². The van der Waals surface area contributed by atoms with E-state index in [4.69, 9.17) is 5.11 Å². The van der Waals surface area contributed by atoms with E-state index in [9.17, 15) is 0 Å². The first-order valence-electron chi connectivity index (χ1n) is 8.26. The molecule has 0 radical (unpaired) electrons. The van der Waals surface area contributed by atoms with Crippen LogP contribution in [-0.4, -0.2) is 61.0 Å². The lowest BCUT2D eigenvalue weighted by atomic mass is 9.87. The van der Waals surface area contributed by atoms with E-state index in [1.54, 1.807) is 0 Å². The second-order valence-corrected chi connectivity index (χ2v) is 7.41. The van der Waals surface area contributed by atoms with Gasteiger partial charge in [0.15, 0.2) is 0 Å². The largest absolute Gasteiger partial charge is 0.396 e. The molecule has 3 nitrogen and oxygen atoms in total. The molecule has 1 saturated heterocycles. The molecule has 0 bridgehead atoms. The smallest absolute Gasteiger partial charge is 0.0431 e. The molecule has 0 aliphatic carbocycles. The number of piperidine rings is 1. The maximum atomic E-state index is 9.15. The second-order valence-electron chi connectivity index (χ2n) is 6.53. The predicted molar refractivity (Wildman–Crippen MR) is 95.4 cm³/mol. The summed E-state index contributed by atoms with van der Waals surface area (Å²) in [6.07, 6.45) is 5.41. The highest BCUT2D eigenvalue weighted by Crippen LogP contribution is 2.26. The highest BCUT2D eigenvalue weighted by atomic mass is 32.2. The van der Waals surface area contributed by atoms with Gasteiger partial charge >= 0.3 is 0 Å². The number of aliphatic hydroxyl groups is 1. The summed E-state index contributed by atoms with van der Waals surface area (Å²) in [7, 11) is 4.38. The highest BCUT2D eigenvalue weighted by Gasteiger charge is 2.30. The van der Waals surface area contributed by atoms with Gasteiger partial charge in [-0.25, -0.2) is 0 Å². The van der Waals surface area contributed by atoms with Crippen molar-refractivity contribution < 1.29 is 5.11 Å². The van der Waals surface area contributed by atoms with E-state index >= 15 is 0 Å². The summed E-state index contributed by atoms with van der Waals surface area (Å²) in [6, 6.07) is 9.54. The van der Waals surface area contributed by atoms with E-state index in [1.807, 2.05) is 11.8 Å². The average Bonchev–Trinajstić information content (AvgIpc) is 2.53. The molecule has 1 aromatic carbocycles. The molecule has 1 fully saturated rings. The zero-order valence-electron chi connectivity index (χ0n) is 14.2. The molecule has 0 amide bonds. The molecular weight excluding hydrogens is 292 g/mol. The first-order chi connectivity index (χ1) is 10.6. The molecule has 124 valence electrons. The van der Waals surface area contributed by atoms with Crippen LogP contribution in [0.3, 0.4) is 0 Å². The molecule has 2 atom stereocenters. The van der Waals surface area contributed by atoms with Crippen molar-refractivity contribution in [1.29, 1.82) is 0 Å². The van der Waals surface area contributed by atoms with Gasteiger partial charge in [0.25, 0.3) is 0 Å². The Bertz CT molecular complexity index is 452. The van der Waals surface area contributed by atoms with Crippen LogP contribution in [0.2, 0.25) is 0 Å². The van der Waals surface area contributed by atoms with Crippen molar-refractivity contribution in [2.45, 2.75) is 36.7 Å². The normalized spacial score (nSPS) is 23.1. The monoisotopic (exact) mass is 322 g/mol. The fourth-order valence-electron chi connectivity index (χ4n) is 3.58. The molecule has 2 rings (SSSR count). The first kappa shape index (κ1) is 17.8. The molecule has 0 aromatic heterocycles. The molecule has 0 spiro atoms. The molecule has 1 aliphatic rings. The Labute approximate surface area is 139 Å². The Kier molecular flexibility index (Phi) is 7.22. The minimum Gasteiger partial charge on any atom is -0.396 e. The van der Waals surface area contributed by atoms with Crippen LogP contribution >= 0.6 is 11.8 Å². The minimum absolute atomic E-state index is 0.312. The van der Waals surface area contributed by atoms with Crippen LogP contribution in [0.4, 0.5) is 0 Å². The van der Waals surface area contributed by atoms with Crippen LogP contribution in [0, 0.1) is 5.92 Å². The number of rotatable bonds is 7. The standard InChI is InChI=1S/C18H30N2OS/c1-19(2)18-9-10-20(14-16(18)7-5-11-21)13-15-6-4-8-17(12-15)22-3/h4,6,8,12,16,18,21H,5,7,9-11,13-14H2,1-3H3/t16-,18+/m1/s1. The molecule has 1 aromatic rings. The Balaban J connectivity index is 1.97. The number of hydrogen-bond donors (Lipinski definition) is 1. The number of aliphatic hydroxyl groups excluding tert-OH is 1. The fourth-order valence-corrected chi connectivity index (χ4v) is 4.07. The van der Waals surface area contributed by atoms with E-state index in [0.29, 0.717) is 18.6 Å². The van der Waals surface area contributed by atoms with Crippen molar-refractivity contribution in [3.05, 3.63) is 29.8 Å². The molecule has 0 saturated carbocycles. The van der Waals surface area contributed by atoms with Gasteiger partial charge in [0, 0.05) is 30.6 Å². The summed E-state index contributed by atoms with van der Waals surface area (Å²) in [6.45, 7) is 3.67. The second kappa shape index (κ2) is 8.92. The summed E-state index contributed by atoms with van der Waals surface area (Å²) in [5.41, 5.74) is 1.41. The Hall–Kier alpha value is -0.550. The van der Waals surface area contributed by atoms with Crippen LogP contribution in [0.5, 0.6) is 0 Å². The van der Waals surface area contributed by atoms with Gasteiger partial charge in [0.1, 0.15) is 0 Å². The van der Waals surface area contributed by atoms with Crippen molar-refractivity contribution >= 4 is 11.8 Å². The lowest BCUT2D eigenvalue weighted by Gasteiger charge is -2.41. The number of hydrogen-bond acceptors (Lipinski definition) is 4. The molecule has 0 unspecified atom stereocenters. The number of thioether (sulfide) groups is 1. The van der Waals surface area contributed by atoms with Crippen LogP contribution in [0.15, 0.2) is 29.2 Å². The Morgan fingerprint density at radius 1 is 1.36 bits per heavy atom. The van der Waals surface area contributed by atoms with Crippen molar-refractivity contribution in [3.8, 4) is 0 Å². The van der Waals surface area contributed by atoms with Gasteiger partial charge in [0.2, 0.25) is 0 Å². The van der Waals surface area contributed by atoms with E-state index in [-0.39, 0.29) is 0 Å². The SMILES string of the molecule is CSc1cccc(CN2CC[C@H](N(C)C)[C@H](CCCO)C2)c1. The molecule has 22 heavy (non-hydrogen) atoms. The molecule has 4 heteroatoms. The summed E-state index contributed by atoms with van der Waals surface area (Å²) in [5, 5.41) is 9.15. The quantitative estimate of drug-likeness (QED) is 0.781. The molecule has 1 heterocycles. The van der Waals surface area contributed by atoms with Crippen LogP contribution in [0.25, 0.3) is 0 Å². The molecule has 1 N–H and O–H groups in total. The minimum atomic E-state index is 0.312. The Morgan fingerprint density at radius 2 is 2.18 bits per heavy atom. The summed E-state index contributed by atoms with van der Waals surface area (Å²) >= 11 is 1.81. The Morgan fingerprint density at radius 3 is 2.86 bits per heavy atom. The van der Waals surface area contributed by atoms with Crippen LogP contribution < -0.4 is 0 Å². The van der Waals surface area contributed by atoms with Crippen molar-refractivity contribution in [2.75, 3.05) is 40.0 Å². The third kappa shape index (κ3) is 4.98. The third-order valence-electron chi connectivity index (χ3n) is 4.71. The fraction of sp³-hybridized carbons (Fsp3) is 0.667. The lowest BCUT2D eigenvalue weighted by Crippen LogP contribution is -2.48. The van der Waals surface area contributed by atoms with Crippen molar-refractivity contribution in [3.63, 3.8) is 0 Å². The maximum Gasteiger partial charge on any atom is 0.0431 e. The topological polar surface area (TPSA) is 26.7 Å². The average molecular weight is 323 g/mol. The highest BCUT2D eigenvalue weighted by molar-refractivity contribution is 7.98. The summed E-state index contributed by atoms with van der Waals surface area (Å²) in [4.78, 5) is 6.30. The zero-order valence-corrected chi connectivity index (χ0v) is 15.0. The van der Waals surface area contributed by atoms with E-state index in [2.05, 4.69) is 54.4 Å². The van der Waals surface area contributed by atoms with Gasteiger partial charge in [-0.05, 0) is 69.8 Å². The molecular formula is C18H30N2OS. The van der Waals surface area contributed by atoms with Crippen molar-refractivity contribution in [2.24, 2.45) is 5.92 Å². The third-order valence-corrected chi connectivity index (χ3v) is 5.44. The summed E-state index contributed by atoms with van der Waals surface area (Å²) < 4.78 is 0. The van der Waals surface area contributed by atoms with E-state index < -0.39 is 0 Å². The summed E-state index contributed by atoms with van der Waals surface area (Å²) in [5.74, 6) is 0.666. The van der Waals surface area contributed by atoms with Crippen LogP contribution in [0.1, 0.15) is 24.8 Å². The first-order valence-corrected chi connectivity index (χ1v) is 9.49. The van der Waals surface area contributed by atoms with E-state index in [1.165, 1.54) is 23.4 Å². The zero-order chi connectivity index (χ0) is 15.9. The van der Waals surface area contributed by atoms with Gasteiger partial charge in [-0.2, -0.15) is 0 Å². The van der Waals surface area contributed by atoms with Gasteiger partial charge in [0.05, 0.1) is 0 Å². The van der Waals surface area contributed by atoms with Crippen LogP contribution in [-0.2, 0) is 6.54 Å².